The number of aryl methyl sites for hydroxylation is 2. The van der Waals surface area contributed by atoms with Gasteiger partial charge in [-0.3, -0.25) is 10.1 Å². The number of hydrogen-bond donors (Lipinski definition) is 1. The maximum atomic E-state index is 12.3. The second-order valence-corrected chi connectivity index (χ2v) is 8.09. The Labute approximate surface area is 197 Å². The Morgan fingerprint density at radius 2 is 1.91 bits per heavy atom. The van der Waals surface area contributed by atoms with E-state index in [9.17, 15) is 10.1 Å². The molecule has 170 valence electrons. The number of anilines is 1. The predicted octanol–water partition coefficient (Wildman–Crippen LogP) is 5.16. The Kier molecular flexibility index (Phi) is 8.44. The number of thiazole rings is 1. The molecule has 0 spiro atoms. The molecule has 0 fully saturated rings. The third-order valence-corrected chi connectivity index (χ3v) is 5.35. The molecule has 0 bridgehead atoms. The molecule has 0 aliphatic carbocycles. The van der Waals surface area contributed by atoms with Crippen molar-refractivity contribution >= 4 is 28.5 Å². The van der Waals surface area contributed by atoms with E-state index < -0.39 is 5.91 Å². The second-order valence-electron chi connectivity index (χ2n) is 7.19. The lowest BCUT2D eigenvalue weighted by molar-refractivity contribution is -0.112. The minimum atomic E-state index is -0.518. The summed E-state index contributed by atoms with van der Waals surface area (Å²) in [5.74, 6) is 1.45. The van der Waals surface area contributed by atoms with Crippen molar-refractivity contribution in [1.29, 1.82) is 5.26 Å². The minimum Gasteiger partial charge on any atom is -0.493 e. The summed E-state index contributed by atoms with van der Waals surface area (Å²) >= 11 is 1.28. The number of methoxy groups -OCH3 is 1. The van der Waals surface area contributed by atoms with Crippen LogP contribution in [0.3, 0.4) is 0 Å². The van der Waals surface area contributed by atoms with Crippen molar-refractivity contribution in [1.82, 2.24) is 4.98 Å². The summed E-state index contributed by atoms with van der Waals surface area (Å²) in [6.07, 6.45) is 3.77. The lowest BCUT2D eigenvalue weighted by Crippen LogP contribution is -2.13. The van der Waals surface area contributed by atoms with Crippen molar-refractivity contribution in [3.63, 3.8) is 0 Å². The summed E-state index contributed by atoms with van der Waals surface area (Å²) < 4.78 is 17.1. The van der Waals surface area contributed by atoms with Gasteiger partial charge in [0.1, 0.15) is 17.4 Å². The van der Waals surface area contributed by atoms with Gasteiger partial charge in [-0.05, 0) is 54.8 Å². The highest BCUT2D eigenvalue weighted by molar-refractivity contribution is 7.13. The van der Waals surface area contributed by atoms with Crippen LogP contribution >= 0.6 is 11.3 Å². The lowest BCUT2D eigenvalue weighted by Gasteiger charge is -2.13. The Morgan fingerprint density at radius 1 is 1.12 bits per heavy atom. The molecule has 0 radical (unpaired) electrons. The van der Waals surface area contributed by atoms with Crippen molar-refractivity contribution in [2.45, 2.75) is 20.3 Å². The molecular weight excluding hydrogens is 438 g/mol. The van der Waals surface area contributed by atoms with Gasteiger partial charge in [-0.25, -0.2) is 4.98 Å². The summed E-state index contributed by atoms with van der Waals surface area (Å²) in [4.78, 5) is 16.3. The van der Waals surface area contributed by atoms with Gasteiger partial charge in [0.2, 0.25) is 0 Å². The molecule has 0 saturated heterocycles. The van der Waals surface area contributed by atoms with E-state index in [0.717, 1.165) is 16.9 Å². The van der Waals surface area contributed by atoms with Crippen molar-refractivity contribution < 1.29 is 19.0 Å². The van der Waals surface area contributed by atoms with E-state index in [1.54, 1.807) is 36.9 Å². The summed E-state index contributed by atoms with van der Waals surface area (Å²) in [5.41, 5.74) is 2.86. The smallest absolute Gasteiger partial charge is 0.268 e. The fourth-order valence-corrected chi connectivity index (χ4v) is 3.47. The van der Waals surface area contributed by atoms with Crippen LogP contribution in [0.1, 0.15) is 23.1 Å². The van der Waals surface area contributed by atoms with Crippen LogP contribution in [0.5, 0.6) is 17.2 Å². The number of rotatable bonds is 10. The van der Waals surface area contributed by atoms with Gasteiger partial charge in [0.25, 0.3) is 5.91 Å². The van der Waals surface area contributed by atoms with E-state index in [4.69, 9.17) is 14.2 Å². The van der Waals surface area contributed by atoms with Crippen molar-refractivity contribution in [2.24, 2.45) is 0 Å². The third-order valence-electron chi connectivity index (χ3n) is 4.66. The molecule has 3 aromatic rings. The fraction of sp³-hybridized carbons (Fsp3) is 0.240. The van der Waals surface area contributed by atoms with Crippen LogP contribution in [-0.2, 0) is 4.79 Å². The first-order valence-corrected chi connectivity index (χ1v) is 11.2. The van der Waals surface area contributed by atoms with E-state index >= 15 is 0 Å². The van der Waals surface area contributed by atoms with Crippen molar-refractivity contribution in [3.8, 4) is 23.3 Å². The number of nitrogens with zero attached hydrogens (tertiary/aromatic N) is 2. The number of carbonyl (C=O) groups excluding carboxylic acids is 1. The number of benzene rings is 2. The van der Waals surface area contributed by atoms with E-state index in [2.05, 4.69) is 16.4 Å². The van der Waals surface area contributed by atoms with Crippen molar-refractivity contribution in [3.05, 3.63) is 70.2 Å². The standard InChI is InChI=1S/C25H25N3O4S/c1-17-5-6-18(2)22(13-17)32-11-4-10-31-21-8-7-19(15-23(21)30-3)14-20(16-26)24(29)28-25-27-9-12-33-25/h5-9,12-15H,4,10-11H2,1-3H3,(H,27,28,29). The molecule has 0 aliphatic rings. The van der Waals surface area contributed by atoms with Crippen LogP contribution in [0.15, 0.2) is 53.5 Å². The first-order valence-electron chi connectivity index (χ1n) is 10.3. The molecule has 0 saturated carbocycles. The van der Waals surface area contributed by atoms with Crippen molar-refractivity contribution in [2.75, 3.05) is 25.6 Å². The normalized spacial score (nSPS) is 10.9. The summed E-state index contributed by atoms with van der Waals surface area (Å²) in [7, 11) is 1.54. The maximum Gasteiger partial charge on any atom is 0.268 e. The topological polar surface area (TPSA) is 93.5 Å². The average molecular weight is 464 g/mol. The molecule has 0 unspecified atom stereocenters. The largest absolute Gasteiger partial charge is 0.493 e. The number of aromatic nitrogens is 1. The van der Waals surface area contributed by atoms with Gasteiger partial charge in [-0.2, -0.15) is 5.26 Å². The van der Waals surface area contributed by atoms with E-state index in [0.29, 0.717) is 41.8 Å². The van der Waals surface area contributed by atoms with Gasteiger partial charge in [0.05, 0.1) is 20.3 Å². The number of hydrogen-bond acceptors (Lipinski definition) is 7. The molecule has 2 aromatic carbocycles. The van der Waals surface area contributed by atoms with Gasteiger partial charge < -0.3 is 14.2 Å². The Balaban J connectivity index is 1.57. The van der Waals surface area contributed by atoms with E-state index in [-0.39, 0.29) is 5.57 Å². The van der Waals surface area contributed by atoms with Gasteiger partial charge in [0.15, 0.2) is 16.6 Å². The average Bonchev–Trinajstić information content (AvgIpc) is 3.32. The highest BCUT2D eigenvalue weighted by Crippen LogP contribution is 2.29. The van der Waals surface area contributed by atoms with Crippen LogP contribution in [0.25, 0.3) is 6.08 Å². The molecule has 3 rings (SSSR count). The Morgan fingerprint density at radius 3 is 2.61 bits per heavy atom. The maximum absolute atomic E-state index is 12.3. The van der Waals surface area contributed by atoms with Crippen LogP contribution in [0.2, 0.25) is 0 Å². The third kappa shape index (κ3) is 6.82. The molecule has 0 atom stereocenters. The van der Waals surface area contributed by atoms with Gasteiger partial charge in [-0.15, -0.1) is 11.3 Å². The van der Waals surface area contributed by atoms with Gasteiger partial charge in [-0.1, -0.05) is 18.2 Å². The van der Waals surface area contributed by atoms with Gasteiger partial charge in [0, 0.05) is 18.0 Å². The number of amides is 1. The van der Waals surface area contributed by atoms with E-state index in [1.807, 2.05) is 32.0 Å². The monoisotopic (exact) mass is 463 g/mol. The summed E-state index contributed by atoms with van der Waals surface area (Å²) in [6, 6.07) is 13.3. The number of carbonyl (C=O) groups is 1. The van der Waals surface area contributed by atoms with Crippen LogP contribution in [-0.4, -0.2) is 31.2 Å². The molecule has 7 nitrogen and oxygen atoms in total. The molecule has 33 heavy (non-hydrogen) atoms. The number of nitrogens with one attached hydrogen (secondary N) is 1. The van der Waals surface area contributed by atoms with Crippen LogP contribution < -0.4 is 19.5 Å². The highest BCUT2D eigenvalue weighted by Gasteiger charge is 2.12. The molecule has 1 heterocycles. The first kappa shape index (κ1) is 23.8. The molecule has 0 aliphatic heterocycles. The Bertz CT molecular complexity index is 1170. The predicted molar refractivity (Wildman–Crippen MR) is 129 cm³/mol. The summed E-state index contributed by atoms with van der Waals surface area (Å²) in [5, 5.41) is 14.2. The summed E-state index contributed by atoms with van der Waals surface area (Å²) in [6.45, 7) is 5.04. The number of nitriles is 1. The fourth-order valence-electron chi connectivity index (χ4n) is 2.94. The molecule has 1 amide bonds. The molecule has 8 heteroatoms. The SMILES string of the molecule is COc1cc(C=C(C#N)C(=O)Nc2nccs2)ccc1OCCCOc1cc(C)ccc1C. The lowest BCUT2D eigenvalue weighted by atomic mass is 10.1. The van der Waals surface area contributed by atoms with Gasteiger partial charge >= 0.3 is 0 Å². The zero-order valence-electron chi connectivity index (χ0n) is 18.8. The zero-order valence-corrected chi connectivity index (χ0v) is 19.6. The van der Waals surface area contributed by atoms with Crippen LogP contribution in [0, 0.1) is 25.2 Å². The minimum absolute atomic E-state index is 0.0375. The quantitative estimate of drug-likeness (QED) is 0.254. The first-order chi connectivity index (χ1) is 16.0. The number of ether oxygens (including phenoxy) is 3. The Hall–Kier alpha value is -3.83. The molecular formula is C25H25N3O4S. The molecule has 1 N–H and O–H groups in total. The molecule has 1 aromatic heterocycles. The van der Waals surface area contributed by atoms with E-state index in [1.165, 1.54) is 17.4 Å². The zero-order chi connectivity index (χ0) is 23.6. The second kappa shape index (κ2) is 11.7. The van der Waals surface area contributed by atoms with Crippen LogP contribution in [0.4, 0.5) is 5.13 Å². The highest BCUT2D eigenvalue weighted by atomic mass is 32.1.